The van der Waals surface area contributed by atoms with Gasteiger partial charge < -0.3 is 4.74 Å². The van der Waals surface area contributed by atoms with Crippen molar-refractivity contribution in [2.75, 3.05) is 0 Å². The van der Waals surface area contributed by atoms with Crippen molar-refractivity contribution in [3.63, 3.8) is 0 Å². The van der Waals surface area contributed by atoms with Gasteiger partial charge in [-0.15, -0.1) is 0 Å². The SMILES string of the molecule is Cc1c(Oc2ccc(Br)cc2CBr)cccc1[N+](=O)[O-]. The number of alkyl halides is 1. The Kier molecular flexibility index (Phi) is 4.77. The molecule has 0 fully saturated rings. The van der Waals surface area contributed by atoms with Crippen LogP contribution in [0.25, 0.3) is 0 Å². The van der Waals surface area contributed by atoms with Crippen molar-refractivity contribution in [1.82, 2.24) is 0 Å². The third kappa shape index (κ3) is 3.19. The number of nitro groups is 1. The fraction of sp³-hybridized carbons (Fsp3) is 0.143. The molecule has 0 aliphatic heterocycles. The highest BCUT2D eigenvalue weighted by molar-refractivity contribution is 9.10. The van der Waals surface area contributed by atoms with E-state index in [1.807, 2.05) is 18.2 Å². The summed E-state index contributed by atoms with van der Waals surface area (Å²) in [7, 11) is 0. The summed E-state index contributed by atoms with van der Waals surface area (Å²) in [6.45, 7) is 1.68. The number of ether oxygens (including phenoxy) is 1. The van der Waals surface area contributed by atoms with Crippen LogP contribution in [0.2, 0.25) is 0 Å². The lowest BCUT2D eigenvalue weighted by atomic mass is 10.1. The molecule has 0 atom stereocenters. The van der Waals surface area contributed by atoms with Gasteiger partial charge in [-0.3, -0.25) is 10.1 Å². The Morgan fingerprint density at radius 2 is 2.00 bits per heavy atom. The monoisotopic (exact) mass is 399 g/mol. The zero-order chi connectivity index (χ0) is 14.7. The molecule has 0 heterocycles. The Labute approximate surface area is 133 Å². The molecule has 0 saturated heterocycles. The zero-order valence-corrected chi connectivity index (χ0v) is 13.8. The van der Waals surface area contributed by atoms with Gasteiger partial charge in [-0.25, -0.2) is 0 Å². The van der Waals surface area contributed by atoms with Gasteiger partial charge in [0, 0.05) is 21.4 Å². The van der Waals surface area contributed by atoms with E-state index >= 15 is 0 Å². The van der Waals surface area contributed by atoms with Crippen LogP contribution >= 0.6 is 31.9 Å². The van der Waals surface area contributed by atoms with Crippen molar-refractivity contribution >= 4 is 37.5 Å². The molecule has 2 aromatic carbocycles. The smallest absolute Gasteiger partial charge is 0.276 e. The van der Waals surface area contributed by atoms with Gasteiger partial charge in [-0.05, 0) is 31.2 Å². The number of nitrogens with zero attached hydrogens (tertiary/aromatic N) is 1. The predicted octanol–water partition coefficient (Wildman–Crippen LogP) is 5.35. The third-order valence-corrected chi connectivity index (χ3v) is 3.94. The molecule has 0 aliphatic rings. The minimum atomic E-state index is -0.408. The summed E-state index contributed by atoms with van der Waals surface area (Å²) in [6, 6.07) is 10.5. The third-order valence-electron chi connectivity index (χ3n) is 2.84. The Bertz CT molecular complexity index is 659. The Morgan fingerprint density at radius 1 is 1.25 bits per heavy atom. The lowest BCUT2D eigenvalue weighted by Crippen LogP contribution is -1.96. The van der Waals surface area contributed by atoms with Crippen molar-refractivity contribution in [3.8, 4) is 11.5 Å². The number of hydrogen-bond acceptors (Lipinski definition) is 3. The number of benzene rings is 2. The summed E-state index contributed by atoms with van der Waals surface area (Å²) in [5.74, 6) is 1.16. The maximum Gasteiger partial charge on any atom is 0.276 e. The van der Waals surface area contributed by atoms with E-state index in [0.717, 1.165) is 10.0 Å². The normalized spacial score (nSPS) is 10.3. The predicted molar refractivity (Wildman–Crippen MR) is 84.7 cm³/mol. The van der Waals surface area contributed by atoms with E-state index in [1.165, 1.54) is 6.07 Å². The first kappa shape index (κ1) is 15.0. The van der Waals surface area contributed by atoms with Crippen molar-refractivity contribution in [1.29, 1.82) is 0 Å². The van der Waals surface area contributed by atoms with E-state index in [4.69, 9.17) is 4.74 Å². The molecule has 2 aromatic rings. The lowest BCUT2D eigenvalue weighted by molar-refractivity contribution is -0.385. The Hall–Kier alpha value is -1.40. The molecule has 2 rings (SSSR count). The summed E-state index contributed by atoms with van der Waals surface area (Å²) in [6.07, 6.45) is 0. The standard InChI is InChI=1S/C14H11Br2NO3/c1-9-12(17(18)19)3-2-4-13(9)20-14-6-5-11(16)7-10(14)8-15/h2-7H,8H2,1H3. The molecule has 104 valence electrons. The van der Waals surface area contributed by atoms with Gasteiger partial charge in [0.15, 0.2) is 0 Å². The highest BCUT2D eigenvalue weighted by Crippen LogP contribution is 2.34. The van der Waals surface area contributed by atoms with Crippen LogP contribution in [0.1, 0.15) is 11.1 Å². The van der Waals surface area contributed by atoms with E-state index in [1.54, 1.807) is 19.1 Å². The van der Waals surface area contributed by atoms with Gasteiger partial charge in [-0.2, -0.15) is 0 Å². The topological polar surface area (TPSA) is 52.4 Å². The molecule has 0 bridgehead atoms. The molecule has 4 nitrogen and oxygen atoms in total. The van der Waals surface area contributed by atoms with Gasteiger partial charge in [0.25, 0.3) is 5.69 Å². The number of hydrogen-bond donors (Lipinski definition) is 0. The fourth-order valence-electron chi connectivity index (χ4n) is 1.78. The molecule has 0 amide bonds. The van der Waals surface area contributed by atoms with Crippen LogP contribution < -0.4 is 4.74 Å². The minimum absolute atomic E-state index is 0.0556. The quantitative estimate of drug-likeness (QED) is 0.394. The van der Waals surface area contributed by atoms with Crippen molar-refractivity contribution < 1.29 is 9.66 Å². The van der Waals surface area contributed by atoms with Crippen LogP contribution in [-0.4, -0.2) is 4.92 Å². The van der Waals surface area contributed by atoms with E-state index in [-0.39, 0.29) is 5.69 Å². The molecule has 0 N–H and O–H groups in total. The highest BCUT2D eigenvalue weighted by atomic mass is 79.9. The first-order valence-electron chi connectivity index (χ1n) is 5.79. The summed E-state index contributed by atoms with van der Waals surface area (Å²) in [5, 5.41) is 11.6. The van der Waals surface area contributed by atoms with Crippen LogP contribution in [0.5, 0.6) is 11.5 Å². The first-order chi connectivity index (χ1) is 9.52. The second-order valence-corrected chi connectivity index (χ2v) is 5.62. The van der Waals surface area contributed by atoms with Crippen LogP contribution in [0.3, 0.4) is 0 Å². The van der Waals surface area contributed by atoms with Gasteiger partial charge in [0.2, 0.25) is 0 Å². The summed E-state index contributed by atoms with van der Waals surface area (Å²) in [4.78, 5) is 10.5. The minimum Gasteiger partial charge on any atom is -0.457 e. The van der Waals surface area contributed by atoms with Crippen LogP contribution in [0, 0.1) is 17.0 Å². The van der Waals surface area contributed by atoms with E-state index in [0.29, 0.717) is 22.4 Å². The largest absolute Gasteiger partial charge is 0.457 e. The number of nitro benzene ring substituents is 1. The molecule has 0 saturated carbocycles. The van der Waals surface area contributed by atoms with Gasteiger partial charge >= 0.3 is 0 Å². The maximum atomic E-state index is 10.9. The molecule has 0 aromatic heterocycles. The summed E-state index contributed by atoms with van der Waals surface area (Å²) >= 11 is 6.80. The molecule has 0 spiro atoms. The number of halogens is 2. The van der Waals surface area contributed by atoms with Gasteiger partial charge in [0.1, 0.15) is 11.5 Å². The van der Waals surface area contributed by atoms with Gasteiger partial charge in [0.05, 0.1) is 10.5 Å². The molecule has 0 aliphatic carbocycles. The summed E-state index contributed by atoms with van der Waals surface area (Å²) in [5.41, 5.74) is 1.53. The molecule has 0 radical (unpaired) electrons. The van der Waals surface area contributed by atoms with Crippen molar-refractivity contribution in [2.45, 2.75) is 12.3 Å². The van der Waals surface area contributed by atoms with Gasteiger partial charge in [-0.1, -0.05) is 37.9 Å². The summed E-state index contributed by atoms with van der Waals surface area (Å²) < 4.78 is 6.78. The maximum absolute atomic E-state index is 10.9. The fourth-order valence-corrected chi connectivity index (χ4v) is 2.63. The average Bonchev–Trinajstić information content (AvgIpc) is 2.42. The van der Waals surface area contributed by atoms with Crippen molar-refractivity contribution in [2.24, 2.45) is 0 Å². The zero-order valence-electron chi connectivity index (χ0n) is 10.6. The second kappa shape index (κ2) is 6.37. The second-order valence-electron chi connectivity index (χ2n) is 4.15. The molecule has 20 heavy (non-hydrogen) atoms. The van der Waals surface area contributed by atoms with Crippen LogP contribution in [-0.2, 0) is 5.33 Å². The molecule has 6 heteroatoms. The molecular weight excluding hydrogens is 390 g/mol. The first-order valence-corrected chi connectivity index (χ1v) is 7.70. The Balaban J connectivity index is 2.40. The van der Waals surface area contributed by atoms with E-state index in [9.17, 15) is 10.1 Å². The number of rotatable bonds is 4. The highest BCUT2D eigenvalue weighted by Gasteiger charge is 2.15. The van der Waals surface area contributed by atoms with E-state index in [2.05, 4.69) is 31.9 Å². The Morgan fingerprint density at radius 3 is 2.65 bits per heavy atom. The van der Waals surface area contributed by atoms with Crippen LogP contribution in [0.4, 0.5) is 5.69 Å². The average molecular weight is 401 g/mol. The van der Waals surface area contributed by atoms with Crippen molar-refractivity contribution in [3.05, 3.63) is 62.1 Å². The lowest BCUT2D eigenvalue weighted by Gasteiger charge is -2.12. The molecule has 0 unspecified atom stereocenters. The van der Waals surface area contributed by atoms with Crippen LogP contribution in [0.15, 0.2) is 40.9 Å². The molecular formula is C14H11Br2NO3. The van der Waals surface area contributed by atoms with E-state index < -0.39 is 4.92 Å².